The molecule has 5 nitrogen and oxygen atoms in total. The number of nitrogens with one attached hydrogen (secondary N) is 1. The van der Waals surface area contributed by atoms with Crippen LogP contribution in [0.5, 0.6) is 11.5 Å². The summed E-state index contributed by atoms with van der Waals surface area (Å²) in [5.74, 6) is 1.13. The summed E-state index contributed by atoms with van der Waals surface area (Å²) in [6.45, 7) is 4.44. The molecule has 5 heteroatoms. The van der Waals surface area contributed by atoms with E-state index in [0.717, 1.165) is 28.9 Å². The maximum atomic E-state index is 12.2. The first-order chi connectivity index (χ1) is 14.7. The third-order valence-corrected chi connectivity index (χ3v) is 4.38. The summed E-state index contributed by atoms with van der Waals surface area (Å²) in [7, 11) is 0. The van der Waals surface area contributed by atoms with Gasteiger partial charge in [0.15, 0.2) is 6.10 Å². The number of carbonyl (C=O) groups is 1. The summed E-state index contributed by atoms with van der Waals surface area (Å²) < 4.78 is 11.3. The molecule has 1 atom stereocenters. The number of amides is 1. The van der Waals surface area contributed by atoms with Crippen molar-refractivity contribution in [3.63, 3.8) is 0 Å². The summed E-state index contributed by atoms with van der Waals surface area (Å²) in [6.07, 6.45) is 1.88. The summed E-state index contributed by atoms with van der Waals surface area (Å²) in [5.41, 5.74) is 5.60. The fraction of sp³-hybridized carbons (Fsp3) is 0.200. The van der Waals surface area contributed by atoms with Crippen LogP contribution in [0.25, 0.3) is 11.1 Å². The first-order valence-electron chi connectivity index (χ1n) is 10.0. The number of hydrazone groups is 1. The minimum Gasteiger partial charge on any atom is -0.494 e. The van der Waals surface area contributed by atoms with Crippen LogP contribution < -0.4 is 14.9 Å². The van der Waals surface area contributed by atoms with Crippen LogP contribution in [0.3, 0.4) is 0 Å². The average molecular weight is 402 g/mol. The number of benzene rings is 3. The third-order valence-electron chi connectivity index (χ3n) is 4.38. The van der Waals surface area contributed by atoms with Crippen molar-refractivity contribution in [3.8, 4) is 22.6 Å². The molecule has 0 aliphatic rings. The molecule has 3 aromatic carbocycles. The van der Waals surface area contributed by atoms with Crippen LogP contribution in [0.2, 0.25) is 0 Å². The predicted octanol–water partition coefficient (Wildman–Crippen LogP) is 5.06. The molecule has 0 bridgehead atoms. The number of rotatable bonds is 9. The van der Waals surface area contributed by atoms with Gasteiger partial charge in [0, 0.05) is 0 Å². The van der Waals surface area contributed by atoms with Crippen LogP contribution in [0.1, 0.15) is 25.8 Å². The van der Waals surface area contributed by atoms with E-state index in [0.29, 0.717) is 12.4 Å². The van der Waals surface area contributed by atoms with E-state index >= 15 is 0 Å². The standard InChI is InChI=1S/C25H26N2O3/c1-3-17-29-23-13-9-20(10-14-23)18-26-27-25(28)19(2)30-24-15-11-22(12-16-24)21-7-5-4-6-8-21/h4-16,18-19H,3,17H2,1-2H3,(H,27,28)/b26-18+/t19-/m1/s1. The second-order valence-electron chi connectivity index (χ2n) is 6.80. The van der Waals surface area contributed by atoms with Gasteiger partial charge in [0.25, 0.3) is 5.91 Å². The second-order valence-corrected chi connectivity index (χ2v) is 6.80. The Bertz CT molecular complexity index is 952. The lowest BCUT2D eigenvalue weighted by Gasteiger charge is -2.13. The summed E-state index contributed by atoms with van der Waals surface area (Å²) in [4.78, 5) is 12.2. The van der Waals surface area contributed by atoms with Gasteiger partial charge in [-0.2, -0.15) is 5.10 Å². The van der Waals surface area contributed by atoms with Gasteiger partial charge in [0.05, 0.1) is 12.8 Å². The van der Waals surface area contributed by atoms with Gasteiger partial charge in [0.1, 0.15) is 11.5 Å². The van der Waals surface area contributed by atoms with Crippen LogP contribution >= 0.6 is 0 Å². The molecule has 0 saturated carbocycles. The molecule has 154 valence electrons. The van der Waals surface area contributed by atoms with Gasteiger partial charge in [-0.25, -0.2) is 5.43 Å². The lowest BCUT2D eigenvalue weighted by atomic mass is 10.1. The number of hydrogen-bond acceptors (Lipinski definition) is 4. The molecule has 1 amide bonds. The van der Waals surface area contributed by atoms with Gasteiger partial charge in [-0.3, -0.25) is 4.79 Å². The largest absolute Gasteiger partial charge is 0.494 e. The first kappa shape index (κ1) is 21.1. The Kier molecular flexibility index (Phi) is 7.61. The van der Waals surface area contributed by atoms with Gasteiger partial charge < -0.3 is 9.47 Å². The minimum absolute atomic E-state index is 0.318. The molecule has 0 saturated heterocycles. The lowest BCUT2D eigenvalue weighted by Crippen LogP contribution is -2.33. The van der Waals surface area contributed by atoms with Crippen LogP contribution in [-0.2, 0) is 4.79 Å². The van der Waals surface area contributed by atoms with Crippen molar-refractivity contribution in [1.82, 2.24) is 5.43 Å². The lowest BCUT2D eigenvalue weighted by molar-refractivity contribution is -0.127. The van der Waals surface area contributed by atoms with E-state index < -0.39 is 6.10 Å². The van der Waals surface area contributed by atoms with E-state index in [1.54, 1.807) is 13.1 Å². The van der Waals surface area contributed by atoms with Gasteiger partial charge >= 0.3 is 0 Å². The monoisotopic (exact) mass is 402 g/mol. The molecule has 0 spiro atoms. The Balaban J connectivity index is 1.49. The maximum absolute atomic E-state index is 12.2. The molecule has 3 rings (SSSR count). The Hall–Kier alpha value is -3.60. The van der Waals surface area contributed by atoms with E-state index in [-0.39, 0.29) is 5.91 Å². The van der Waals surface area contributed by atoms with E-state index in [4.69, 9.17) is 9.47 Å². The Labute approximate surface area is 177 Å². The third kappa shape index (κ3) is 6.21. The number of ether oxygens (including phenoxy) is 2. The SMILES string of the molecule is CCCOc1ccc(/C=N/NC(=O)[C@@H](C)Oc2ccc(-c3ccccc3)cc2)cc1. The normalized spacial score (nSPS) is 11.8. The maximum Gasteiger partial charge on any atom is 0.280 e. The molecule has 0 radical (unpaired) electrons. The average Bonchev–Trinajstić information content (AvgIpc) is 2.79. The van der Waals surface area contributed by atoms with Crippen molar-refractivity contribution in [1.29, 1.82) is 0 Å². The minimum atomic E-state index is -0.672. The van der Waals surface area contributed by atoms with Crippen molar-refractivity contribution in [2.24, 2.45) is 5.10 Å². The molecular weight excluding hydrogens is 376 g/mol. The second kappa shape index (κ2) is 10.8. The fourth-order valence-corrected chi connectivity index (χ4v) is 2.75. The smallest absolute Gasteiger partial charge is 0.280 e. The number of nitrogens with zero attached hydrogens (tertiary/aromatic N) is 1. The first-order valence-corrected chi connectivity index (χ1v) is 10.0. The van der Waals surface area contributed by atoms with Gasteiger partial charge in [0.2, 0.25) is 0 Å². The Morgan fingerprint density at radius 3 is 2.23 bits per heavy atom. The van der Waals surface area contributed by atoms with Crippen molar-refractivity contribution >= 4 is 12.1 Å². The summed E-state index contributed by atoms with van der Waals surface area (Å²) in [6, 6.07) is 25.3. The fourth-order valence-electron chi connectivity index (χ4n) is 2.75. The zero-order valence-electron chi connectivity index (χ0n) is 17.2. The van der Waals surface area contributed by atoms with Crippen molar-refractivity contribution < 1.29 is 14.3 Å². The Morgan fingerprint density at radius 2 is 1.57 bits per heavy atom. The van der Waals surface area contributed by atoms with Gasteiger partial charge in [-0.05, 0) is 66.4 Å². The number of hydrogen-bond donors (Lipinski definition) is 1. The van der Waals surface area contributed by atoms with Crippen molar-refractivity contribution in [2.45, 2.75) is 26.4 Å². The molecular formula is C25H26N2O3. The van der Waals surface area contributed by atoms with Crippen LogP contribution in [0, 0.1) is 0 Å². The van der Waals surface area contributed by atoms with Gasteiger partial charge in [-0.15, -0.1) is 0 Å². The molecule has 0 aliphatic carbocycles. The molecule has 0 unspecified atom stereocenters. The number of carbonyl (C=O) groups excluding carboxylic acids is 1. The van der Waals surface area contributed by atoms with E-state index in [9.17, 15) is 4.79 Å². The highest BCUT2D eigenvalue weighted by atomic mass is 16.5. The zero-order valence-corrected chi connectivity index (χ0v) is 17.2. The predicted molar refractivity (Wildman–Crippen MR) is 120 cm³/mol. The molecule has 0 fully saturated rings. The summed E-state index contributed by atoms with van der Waals surface area (Å²) >= 11 is 0. The van der Waals surface area contributed by atoms with E-state index in [1.165, 1.54) is 0 Å². The summed E-state index contributed by atoms with van der Waals surface area (Å²) in [5, 5.41) is 4.00. The molecule has 30 heavy (non-hydrogen) atoms. The zero-order chi connectivity index (χ0) is 21.2. The highest BCUT2D eigenvalue weighted by molar-refractivity contribution is 5.84. The molecule has 0 aromatic heterocycles. The van der Waals surface area contributed by atoms with Crippen molar-refractivity contribution in [3.05, 3.63) is 84.4 Å². The van der Waals surface area contributed by atoms with Crippen LogP contribution in [-0.4, -0.2) is 24.8 Å². The van der Waals surface area contributed by atoms with E-state index in [2.05, 4.69) is 29.6 Å². The highest BCUT2D eigenvalue weighted by Gasteiger charge is 2.13. The quantitative estimate of drug-likeness (QED) is 0.402. The Morgan fingerprint density at radius 1 is 0.933 bits per heavy atom. The molecule has 0 aliphatic heterocycles. The highest BCUT2D eigenvalue weighted by Crippen LogP contribution is 2.22. The molecule has 3 aromatic rings. The van der Waals surface area contributed by atoms with Crippen molar-refractivity contribution in [2.75, 3.05) is 6.61 Å². The van der Waals surface area contributed by atoms with Gasteiger partial charge in [-0.1, -0.05) is 49.4 Å². The van der Waals surface area contributed by atoms with E-state index in [1.807, 2.05) is 66.7 Å². The molecule has 0 heterocycles. The topological polar surface area (TPSA) is 59.9 Å². The molecule has 1 N–H and O–H groups in total. The van der Waals surface area contributed by atoms with Crippen LogP contribution in [0.15, 0.2) is 84.0 Å². The van der Waals surface area contributed by atoms with Crippen LogP contribution in [0.4, 0.5) is 0 Å².